The summed E-state index contributed by atoms with van der Waals surface area (Å²) in [4.78, 5) is 20.6. The Balaban J connectivity index is 1.59. The summed E-state index contributed by atoms with van der Waals surface area (Å²) in [5, 5.41) is 14.3. The van der Waals surface area contributed by atoms with Crippen molar-refractivity contribution in [1.29, 1.82) is 0 Å². The highest BCUT2D eigenvalue weighted by atomic mass is 79.9. The summed E-state index contributed by atoms with van der Waals surface area (Å²) < 4.78 is 15.1. The van der Waals surface area contributed by atoms with Crippen molar-refractivity contribution in [3.05, 3.63) is 22.4 Å². The molecular weight excluding hydrogens is 582 g/mol. The Bertz CT molecular complexity index is 1080. The van der Waals surface area contributed by atoms with E-state index in [0.29, 0.717) is 13.5 Å². The van der Waals surface area contributed by atoms with E-state index in [1.165, 1.54) is 0 Å². The second-order valence-electron chi connectivity index (χ2n) is 13.2. The smallest absolute Gasteiger partial charge is 0.407 e. The van der Waals surface area contributed by atoms with E-state index in [4.69, 9.17) is 14.5 Å². The van der Waals surface area contributed by atoms with Crippen LogP contribution >= 0.6 is 15.9 Å². The van der Waals surface area contributed by atoms with Crippen LogP contribution in [0.3, 0.4) is 0 Å². The van der Waals surface area contributed by atoms with Crippen molar-refractivity contribution >= 4 is 49.6 Å². The van der Waals surface area contributed by atoms with Gasteiger partial charge in [0, 0.05) is 59.1 Å². The standard InChI is InChI=1S/C26H44BrN5O4Si2/c1-37(2,3)11-9-35-17-30(18-36-10-12-38(4,5)6)24-15-23(29-25-22(27)16-28-32(24)25)19-13-20-7-8-21(14-19)31(20)26(33)34/h15-16,19-21H,7-14,17-18H2,1-6H3,(H,33,34)/t19?,20-,21+. The summed E-state index contributed by atoms with van der Waals surface area (Å²) >= 11 is 3.64. The van der Waals surface area contributed by atoms with Gasteiger partial charge < -0.3 is 24.4 Å². The zero-order chi connectivity index (χ0) is 27.7. The van der Waals surface area contributed by atoms with Crippen molar-refractivity contribution in [3.8, 4) is 0 Å². The molecule has 2 bridgehead atoms. The average molecular weight is 627 g/mol. The van der Waals surface area contributed by atoms with Crippen LogP contribution in [0.5, 0.6) is 0 Å². The molecule has 0 saturated carbocycles. The topological polar surface area (TPSA) is 92.4 Å². The van der Waals surface area contributed by atoms with Gasteiger partial charge in [-0.1, -0.05) is 39.3 Å². The van der Waals surface area contributed by atoms with Gasteiger partial charge in [0.2, 0.25) is 0 Å². The van der Waals surface area contributed by atoms with Gasteiger partial charge in [0.15, 0.2) is 5.65 Å². The maximum atomic E-state index is 11.8. The molecule has 4 heterocycles. The maximum Gasteiger partial charge on any atom is 0.407 e. The molecule has 1 unspecified atom stereocenters. The van der Waals surface area contributed by atoms with Gasteiger partial charge in [-0.15, -0.1) is 0 Å². The van der Waals surface area contributed by atoms with Gasteiger partial charge >= 0.3 is 6.09 Å². The van der Waals surface area contributed by atoms with E-state index >= 15 is 0 Å². The zero-order valence-corrected chi connectivity index (χ0v) is 27.3. The van der Waals surface area contributed by atoms with Crippen molar-refractivity contribution in [1.82, 2.24) is 19.5 Å². The lowest BCUT2D eigenvalue weighted by atomic mass is 9.88. The molecule has 2 aliphatic rings. The van der Waals surface area contributed by atoms with Crippen LogP contribution in [0, 0.1) is 0 Å². The number of carbonyl (C=O) groups is 1. The Kier molecular flexibility index (Phi) is 9.28. The fourth-order valence-electron chi connectivity index (χ4n) is 5.38. The number of anilines is 1. The first kappa shape index (κ1) is 29.5. The SMILES string of the molecule is C[Si](C)(C)CCOCN(COCC[Si](C)(C)C)c1cc(C2C[C@H]3CC[C@@H](C2)N3C(=O)O)nc2c(Br)cnn12. The normalized spacial score (nSPS) is 21.9. The average Bonchev–Trinajstić information content (AvgIpc) is 3.32. The highest BCUT2D eigenvalue weighted by Gasteiger charge is 2.44. The van der Waals surface area contributed by atoms with E-state index in [0.717, 1.165) is 72.6 Å². The van der Waals surface area contributed by atoms with E-state index in [1.807, 2.05) is 4.52 Å². The number of nitrogens with zero attached hydrogens (tertiary/aromatic N) is 5. The molecule has 0 aromatic carbocycles. The summed E-state index contributed by atoms with van der Waals surface area (Å²) in [6, 6.07) is 4.46. The van der Waals surface area contributed by atoms with Crippen LogP contribution in [-0.2, 0) is 9.47 Å². The van der Waals surface area contributed by atoms with Crippen molar-refractivity contribution in [2.75, 3.05) is 31.6 Å². The molecule has 3 atom stereocenters. The molecule has 2 aromatic rings. The van der Waals surface area contributed by atoms with E-state index in [9.17, 15) is 9.90 Å². The predicted octanol–water partition coefficient (Wildman–Crippen LogP) is 6.31. The molecule has 212 valence electrons. The monoisotopic (exact) mass is 625 g/mol. The minimum atomic E-state index is -1.20. The number of piperidine rings is 1. The van der Waals surface area contributed by atoms with E-state index in [-0.39, 0.29) is 18.0 Å². The first-order valence-electron chi connectivity index (χ1n) is 13.8. The number of halogens is 1. The van der Waals surface area contributed by atoms with Crippen LogP contribution in [0.2, 0.25) is 51.4 Å². The van der Waals surface area contributed by atoms with Crippen LogP contribution in [0.4, 0.5) is 10.6 Å². The molecule has 4 rings (SSSR count). The fraction of sp³-hybridized carbons (Fsp3) is 0.731. The molecule has 0 spiro atoms. The quantitative estimate of drug-likeness (QED) is 0.168. The summed E-state index contributed by atoms with van der Waals surface area (Å²) in [5.41, 5.74) is 1.75. The zero-order valence-electron chi connectivity index (χ0n) is 23.7. The lowest BCUT2D eigenvalue weighted by Crippen LogP contribution is -2.45. The van der Waals surface area contributed by atoms with Crippen molar-refractivity contribution < 1.29 is 19.4 Å². The van der Waals surface area contributed by atoms with Gasteiger partial charge in [-0.2, -0.15) is 9.61 Å². The molecule has 1 N–H and O–H groups in total. The van der Waals surface area contributed by atoms with E-state index in [2.05, 4.69) is 71.3 Å². The number of carboxylic acid groups (broad SMARTS) is 1. The Labute approximate surface area is 237 Å². The second-order valence-corrected chi connectivity index (χ2v) is 25.3. The number of ether oxygens (including phenoxy) is 2. The number of hydrogen-bond acceptors (Lipinski definition) is 6. The molecular formula is C26H44BrN5O4Si2. The van der Waals surface area contributed by atoms with E-state index in [1.54, 1.807) is 11.1 Å². The molecule has 2 aromatic heterocycles. The van der Waals surface area contributed by atoms with Crippen LogP contribution < -0.4 is 4.90 Å². The maximum absolute atomic E-state index is 11.8. The molecule has 12 heteroatoms. The Morgan fingerprint density at radius 1 is 1.05 bits per heavy atom. The third-order valence-electron chi connectivity index (χ3n) is 7.61. The molecule has 2 fully saturated rings. The number of fused-ring (bicyclic) bond motifs is 3. The van der Waals surface area contributed by atoms with Gasteiger partial charge in [0.1, 0.15) is 19.3 Å². The molecule has 0 aliphatic carbocycles. The molecule has 2 saturated heterocycles. The lowest BCUT2D eigenvalue weighted by Gasteiger charge is -2.37. The number of aromatic nitrogens is 3. The van der Waals surface area contributed by atoms with Gasteiger partial charge in [0.25, 0.3) is 0 Å². The minimum absolute atomic E-state index is 0.0666. The molecule has 2 aliphatic heterocycles. The van der Waals surface area contributed by atoms with Crippen molar-refractivity contribution in [2.24, 2.45) is 0 Å². The van der Waals surface area contributed by atoms with Gasteiger partial charge in [-0.3, -0.25) is 0 Å². The Hall–Kier alpha value is -1.48. The largest absolute Gasteiger partial charge is 0.465 e. The number of rotatable bonds is 12. The number of hydrogen-bond donors (Lipinski definition) is 1. The molecule has 38 heavy (non-hydrogen) atoms. The first-order chi connectivity index (χ1) is 17.8. The lowest BCUT2D eigenvalue weighted by molar-refractivity contribution is 0.0934. The highest BCUT2D eigenvalue weighted by molar-refractivity contribution is 9.10. The van der Waals surface area contributed by atoms with Gasteiger partial charge in [-0.25, -0.2) is 9.78 Å². The predicted molar refractivity (Wildman–Crippen MR) is 160 cm³/mol. The number of amides is 1. The Morgan fingerprint density at radius 3 is 2.11 bits per heavy atom. The van der Waals surface area contributed by atoms with Crippen LogP contribution in [0.15, 0.2) is 16.7 Å². The van der Waals surface area contributed by atoms with Gasteiger partial charge in [-0.05, 0) is 53.7 Å². The first-order valence-corrected chi connectivity index (χ1v) is 22.0. The molecule has 9 nitrogen and oxygen atoms in total. The summed E-state index contributed by atoms with van der Waals surface area (Å²) in [6.45, 7) is 16.4. The van der Waals surface area contributed by atoms with Crippen LogP contribution in [0.1, 0.15) is 37.3 Å². The Morgan fingerprint density at radius 2 is 1.61 bits per heavy atom. The van der Waals surface area contributed by atoms with E-state index < -0.39 is 22.2 Å². The second kappa shape index (κ2) is 12.0. The summed E-state index contributed by atoms with van der Waals surface area (Å²) in [6.07, 6.45) is 4.45. The summed E-state index contributed by atoms with van der Waals surface area (Å²) in [5.74, 6) is 1.10. The van der Waals surface area contributed by atoms with Crippen molar-refractivity contribution in [2.45, 2.75) is 95.1 Å². The van der Waals surface area contributed by atoms with Crippen LogP contribution in [0.25, 0.3) is 5.65 Å². The fourth-order valence-corrected chi connectivity index (χ4v) is 7.24. The molecule has 0 radical (unpaired) electrons. The molecule has 1 amide bonds. The van der Waals surface area contributed by atoms with Crippen molar-refractivity contribution in [3.63, 3.8) is 0 Å². The third kappa shape index (κ3) is 7.38. The highest BCUT2D eigenvalue weighted by Crippen LogP contribution is 2.43. The third-order valence-corrected chi connectivity index (χ3v) is 11.6. The van der Waals surface area contributed by atoms with Gasteiger partial charge in [0.05, 0.1) is 10.7 Å². The minimum Gasteiger partial charge on any atom is -0.465 e. The summed E-state index contributed by atoms with van der Waals surface area (Å²) in [7, 11) is -2.41. The van der Waals surface area contributed by atoms with Crippen LogP contribution in [-0.4, -0.2) is 85.6 Å².